The first kappa shape index (κ1) is 11.6. The maximum absolute atomic E-state index is 5.79. The van der Waals surface area contributed by atoms with Gasteiger partial charge in [0.1, 0.15) is 12.4 Å². The van der Waals surface area contributed by atoms with Crippen LogP contribution < -0.4 is 5.73 Å². The maximum atomic E-state index is 5.79. The predicted octanol–water partition coefficient (Wildman–Crippen LogP) is 0.298. The second-order valence-corrected chi connectivity index (χ2v) is 4.05. The molecule has 0 fully saturated rings. The number of rotatable bonds is 4. The predicted molar refractivity (Wildman–Crippen MR) is 63.3 cm³/mol. The summed E-state index contributed by atoms with van der Waals surface area (Å²) in [5.41, 5.74) is 6.75. The van der Waals surface area contributed by atoms with E-state index in [1.807, 2.05) is 18.5 Å². The SMILES string of the molecule is CCCc1c(N)nnn1Cc1nnc(C)n1C. The molecule has 0 aromatic carbocycles. The van der Waals surface area contributed by atoms with Gasteiger partial charge in [0.2, 0.25) is 0 Å². The maximum Gasteiger partial charge on any atom is 0.169 e. The highest BCUT2D eigenvalue weighted by Crippen LogP contribution is 2.11. The van der Waals surface area contributed by atoms with Gasteiger partial charge >= 0.3 is 0 Å². The Kier molecular flexibility index (Phi) is 3.08. The molecule has 0 saturated carbocycles. The fraction of sp³-hybridized carbons (Fsp3) is 0.600. The summed E-state index contributed by atoms with van der Waals surface area (Å²) in [6, 6.07) is 0. The van der Waals surface area contributed by atoms with Crippen LogP contribution >= 0.6 is 0 Å². The van der Waals surface area contributed by atoms with Gasteiger partial charge in [-0.2, -0.15) is 0 Å². The Morgan fingerprint density at radius 2 is 2.00 bits per heavy atom. The van der Waals surface area contributed by atoms with E-state index in [2.05, 4.69) is 27.4 Å². The van der Waals surface area contributed by atoms with Gasteiger partial charge in [0, 0.05) is 7.05 Å². The number of hydrogen-bond acceptors (Lipinski definition) is 5. The first-order chi connectivity index (χ1) is 8.13. The molecule has 7 heteroatoms. The van der Waals surface area contributed by atoms with Crippen molar-refractivity contribution in [2.24, 2.45) is 7.05 Å². The van der Waals surface area contributed by atoms with E-state index in [0.29, 0.717) is 12.4 Å². The van der Waals surface area contributed by atoms with Crippen molar-refractivity contribution in [1.82, 2.24) is 29.8 Å². The first-order valence-corrected chi connectivity index (χ1v) is 5.66. The van der Waals surface area contributed by atoms with Crippen LogP contribution in [0.4, 0.5) is 5.82 Å². The Morgan fingerprint density at radius 3 is 2.59 bits per heavy atom. The molecule has 0 bridgehead atoms. The van der Waals surface area contributed by atoms with Gasteiger partial charge in [-0.1, -0.05) is 18.6 Å². The summed E-state index contributed by atoms with van der Waals surface area (Å²) >= 11 is 0. The monoisotopic (exact) mass is 235 g/mol. The number of aromatic nitrogens is 6. The Morgan fingerprint density at radius 1 is 1.24 bits per heavy atom. The van der Waals surface area contributed by atoms with Crippen molar-refractivity contribution in [3.8, 4) is 0 Å². The molecule has 0 amide bonds. The third-order valence-electron chi connectivity index (χ3n) is 2.83. The highest BCUT2D eigenvalue weighted by Gasteiger charge is 2.12. The molecule has 0 aliphatic rings. The van der Waals surface area contributed by atoms with E-state index in [-0.39, 0.29) is 0 Å². The van der Waals surface area contributed by atoms with Crippen molar-refractivity contribution in [3.63, 3.8) is 0 Å². The van der Waals surface area contributed by atoms with Crippen LogP contribution in [0.5, 0.6) is 0 Å². The molecule has 17 heavy (non-hydrogen) atoms. The average molecular weight is 235 g/mol. The zero-order valence-corrected chi connectivity index (χ0v) is 10.4. The van der Waals surface area contributed by atoms with Crippen LogP contribution in [0.15, 0.2) is 0 Å². The van der Waals surface area contributed by atoms with Crippen LogP contribution in [0.3, 0.4) is 0 Å². The summed E-state index contributed by atoms with van der Waals surface area (Å²) in [6.07, 6.45) is 1.88. The Labute approximate surface area is 99.6 Å². The fourth-order valence-corrected chi connectivity index (χ4v) is 1.69. The number of nitrogens with zero attached hydrogens (tertiary/aromatic N) is 6. The molecule has 0 aliphatic carbocycles. The molecule has 7 nitrogen and oxygen atoms in total. The zero-order valence-electron chi connectivity index (χ0n) is 10.4. The largest absolute Gasteiger partial charge is 0.381 e. The molecule has 0 atom stereocenters. The molecule has 2 aromatic heterocycles. The smallest absolute Gasteiger partial charge is 0.169 e. The zero-order chi connectivity index (χ0) is 12.4. The lowest BCUT2D eigenvalue weighted by Gasteiger charge is -2.05. The van der Waals surface area contributed by atoms with E-state index in [4.69, 9.17) is 5.73 Å². The molecule has 0 unspecified atom stereocenters. The van der Waals surface area contributed by atoms with E-state index in [0.717, 1.165) is 30.2 Å². The van der Waals surface area contributed by atoms with Gasteiger partial charge in [-0.15, -0.1) is 15.3 Å². The second kappa shape index (κ2) is 4.52. The number of hydrogen-bond donors (Lipinski definition) is 1. The lowest BCUT2D eigenvalue weighted by molar-refractivity contribution is 0.577. The lowest BCUT2D eigenvalue weighted by atomic mass is 10.2. The quantitative estimate of drug-likeness (QED) is 0.823. The minimum absolute atomic E-state index is 0.505. The molecule has 2 N–H and O–H groups in total. The summed E-state index contributed by atoms with van der Waals surface area (Å²) in [5, 5.41) is 16.1. The summed E-state index contributed by atoms with van der Waals surface area (Å²) in [5.74, 6) is 2.24. The van der Waals surface area contributed by atoms with E-state index in [9.17, 15) is 0 Å². The van der Waals surface area contributed by atoms with Crippen molar-refractivity contribution in [2.45, 2.75) is 33.2 Å². The number of anilines is 1. The van der Waals surface area contributed by atoms with Crippen LogP contribution in [-0.2, 0) is 20.0 Å². The summed E-state index contributed by atoms with van der Waals surface area (Å²) in [4.78, 5) is 0. The van der Waals surface area contributed by atoms with E-state index >= 15 is 0 Å². The standard InChI is InChI=1S/C10H17N7/c1-4-5-8-10(11)14-15-17(8)6-9-13-12-7(2)16(9)3/h4-6,11H2,1-3H3. The van der Waals surface area contributed by atoms with Gasteiger partial charge in [0.05, 0.1) is 5.69 Å². The minimum atomic E-state index is 0.505. The normalized spacial score (nSPS) is 11.0. The first-order valence-electron chi connectivity index (χ1n) is 5.66. The molecule has 2 rings (SSSR count). The number of nitrogens with two attached hydrogens (primary N) is 1. The molecule has 0 saturated heterocycles. The van der Waals surface area contributed by atoms with Crippen LogP contribution in [0, 0.1) is 6.92 Å². The van der Waals surface area contributed by atoms with Gasteiger partial charge in [-0.05, 0) is 13.3 Å². The molecule has 0 aliphatic heterocycles. The van der Waals surface area contributed by atoms with Crippen LogP contribution in [-0.4, -0.2) is 29.8 Å². The van der Waals surface area contributed by atoms with Crippen LogP contribution in [0.2, 0.25) is 0 Å². The van der Waals surface area contributed by atoms with E-state index in [1.54, 1.807) is 4.68 Å². The molecule has 2 heterocycles. The molecule has 0 radical (unpaired) electrons. The van der Waals surface area contributed by atoms with Crippen LogP contribution in [0.25, 0.3) is 0 Å². The van der Waals surface area contributed by atoms with Crippen molar-refractivity contribution in [2.75, 3.05) is 5.73 Å². The summed E-state index contributed by atoms with van der Waals surface area (Å²) < 4.78 is 3.73. The molecule has 0 spiro atoms. The van der Waals surface area contributed by atoms with E-state index in [1.165, 1.54) is 0 Å². The number of aryl methyl sites for hydroxylation is 1. The summed E-state index contributed by atoms with van der Waals surface area (Å²) in [6.45, 7) is 4.57. The van der Waals surface area contributed by atoms with Gasteiger partial charge in [0.15, 0.2) is 11.6 Å². The highest BCUT2D eigenvalue weighted by atomic mass is 15.5. The number of nitrogen functional groups attached to an aromatic ring is 1. The van der Waals surface area contributed by atoms with Gasteiger partial charge in [0.25, 0.3) is 0 Å². The molecule has 92 valence electrons. The summed E-state index contributed by atoms with van der Waals surface area (Å²) in [7, 11) is 1.93. The van der Waals surface area contributed by atoms with Crippen molar-refractivity contribution < 1.29 is 0 Å². The van der Waals surface area contributed by atoms with Crippen molar-refractivity contribution in [1.29, 1.82) is 0 Å². The van der Waals surface area contributed by atoms with Crippen molar-refractivity contribution in [3.05, 3.63) is 17.3 Å². The highest BCUT2D eigenvalue weighted by molar-refractivity contribution is 5.33. The van der Waals surface area contributed by atoms with E-state index < -0.39 is 0 Å². The second-order valence-electron chi connectivity index (χ2n) is 4.05. The third-order valence-corrected chi connectivity index (χ3v) is 2.83. The minimum Gasteiger partial charge on any atom is -0.381 e. The fourth-order valence-electron chi connectivity index (χ4n) is 1.69. The topological polar surface area (TPSA) is 87.4 Å². The van der Waals surface area contributed by atoms with Crippen molar-refractivity contribution >= 4 is 5.82 Å². The average Bonchev–Trinajstić information content (AvgIpc) is 2.80. The molecular formula is C10H17N7. The lowest BCUT2D eigenvalue weighted by Crippen LogP contribution is -2.11. The Balaban J connectivity index is 2.27. The molecular weight excluding hydrogens is 218 g/mol. The Bertz CT molecular complexity index is 511. The Hall–Kier alpha value is -1.92. The van der Waals surface area contributed by atoms with Gasteiger partial charge in [-0.3, -0.25) is 0 Å². The third kappa shape index (κ3) is 2.13. The van der Waals surface area contributed by atoms with Crippen LogP contribution in [0.1, 0.15) is 30.7 Å². The van der Waals surface area contributed by atoms with Gasteiger partial charge < -0.3 is 10.3 Å². The molecule has 2 aromatic rings. The van der Waals surface area contributed by atoms with Gasteiger partial charge in [-0.25, -0.2) is 4.68 Å².